The third kappa shape index (κ3) is 2.25. The molecule has 6 heteroatoms. The lowest BCUT2D eigenvalue weighted by molar-refractivity contribution is 0.239. The summed E-state index contributed by atoms with van der Waals surface area (Å²) < 4.78 is 27.8. The molecule has 1 unspecified atom stereocenters. The molecule has 0 amide bonds. The topological polar surface area (TPSA) is 66.6 Å². The Morgan fingerprint density at radius 3 is 2.56 bits per heavy atom. The van der Waals surface area contributed by atoms with Gasteiger partial charge in [-0.15, -0.1) is 0 Å². The second kappa shape index (κ2) is 4.60. The van der Waals surface area contributed by atoms with Gasteiger partial charge in [-0.05, 0) is 25.7 Å². The molecule has 2 N–H and O–H groups in total. The standard InChI is InChI=1S/C10H21N3O2S/c1-12(9-5-6-9)16(14,15)13-7-3-2-4-10(13)8-11/h9-10H,2-8,11H2,1H3. The average Bonchev–Trinajstić information content (AvgIpc) is 3.11. The molecule has 5 nitrogen and oxygen atoms in total. The second-order valence-electron chi connectivity index (χ2n) is 4.75. The highest BCUT2D eigenvalue weighted by atomic mass is 32.2. The van der Waals surface area contributed by atoms with Gasteiger partial charge >= 0.3 is 0 Å². The van der Waals surface area contributed by atoms with Crippen molar-refractivity contribution in [1.29, 1.82) is 0 Å². The van der Waals surface area contributed by atoms with Crippen LogP contribution in [0.5, 0.6) is 0 Å². The molecule has 2 rings (SSSR count). The molecule has 0 aromatic heterocycles. The van der Waals surface area contributed by atoms with Crippen molar-refractivity contribution in [1.82, 2.24) is 8.61 Å². The number of hydrogen-bond acceptors (Lipinski definition) is 3. The molecule has 0 aromatic carbocycles. The van der Waals surface area contributed by atoms with Crippen molar-refractivity contribution in [2.75, 3.05) is 20.1 Å². The Balaban J connectivity index is 2.13. The maximum Gasteiger partial charge on any atom is 0.282 e. The van der Waals surface area contributed by atoms with Crippen LogP contribution in [0.25, 0.3) is 0 Å². The molecule has 1 saturated carbocycles. The van der Waals surface area contributed by atoms with Crippen molar-refractivity contribution in [3.63, 3.8) is 0 Å². The summed E-state index contributed by atoms with van der Waals surface area (Å²) in [7, 11) is -1.58. The second-order valence-corrected chi connectivity index (χ2v) is 6.69. The summed E-state index contributed by atoms with van der Waals surface area (Å²) in [5, 5.41) is 0. The van der Waals surface area contributed by atoms with Crippen LogP contribution in [0.2, 0.25) is 0 Å². The molecule has 1 atom stereocenters. The molecule has 16 heavy (non-hydrogen) atoms. The van der Waals surface area contributed by atoms with Crippen LogP contribution >= 0.6 is 0 Å². The number of piperidine rings is 1. The Labute approximate surface area is 97.8 Å². The Morgan fingerprint density at radius 2 is 2.00 bits per heavy atom. The fourth-order valence-corrected chi connectivity index (χ4v) is 4.15. The molecule has 1 aliphatic heterocycles. The fraction of sp³-hybridized carbons (Fsp3) is 1.00. The Hall–Kier alpha value is -0.170. The van der Waals surface area contributed by atoms with Gasteiger partial charge in [0.05, 0.1) is 0 Å². The summed E-state index contributed by atoms with van der Waals surface area (Å²) in [5.41, 5.74) is 5.66. The van der Waals surface area contributed by atoms with Crippen LogP contribution in [0.1, 0.15) is 32.1 Å². The van der Waals surface area contributed by atoms with Gasteiger partial charge in [-0.3, -0.25) is 0 Å². The highest BCUT2D eigenvalue weighted by Crippen LogP contribution is 2.31. The zero-order valence-electron chi connectivity index (χ0n) is 9.80. The van der Waals surface area contributed by atoms with Gasteiger partial charge < -0.3 is 5.73 Å². The fourth-order valence-electron chi connectivity index (χ4n) is 2.31. The van der Waals surface area contributed by atoms with Gasteiger partial charge in [-0.25, -0.2) is 0 Å². The minimum atomic E-state index is -3.27. The van der Waals surface area contributed by atoms with E-state index in [4.69, 9.17) is 5.73 Å². The van der Waals surface area contributed by atoms with Gasteiger partial charge in [0.25, 0.3) is 10.2 Å². The van der Waals surface area contributed by atoms with Crippen molar-refractivity contribution in [3.8, 4) is 0 Å². The summed E-state index contributed by atoms with van der Waals surface area (Å²) in [6.07, 6.45) is 4.93. The monoisotopic (exact) mass is 247 g/mol. The van der Waals surface area contributed by atoms with Crippen molar-refractivity contribution in [3.05, 3.63) is 0 Å². The van der Waals surface area contributed by atoms with Gasteiger partial charge in [0.15, 0.2) is 0 Å². The summed E-state index contributed by atoms with van der Waals surface area (Å²) in [5.74, 6) is 0. The van der Waals surface area contributed by atoms with Crippen molar-refractivity contribution in [2.45, 2.75) is 44.2 Å². The van der Waals surface area contributed by atoms with Crippen molar-refractivity contribution < 1.29 is 8.42 Å². The third-order valence-electron chi connectivity index (χ3n) is 3.57. The highest BCUT2D eigenvalue weighted by molar-refractivity contribution is 7.86. The van der Waals surface area contributed by atoms with E-state index < -0.39 is 10.2 Å². The van der Waals surface area contributed by atoms with Crippen LogP contribution < -0.4 is 5.73 Å². The van der Waals surface area contributed by atoms with Crippen LogP contribution in [0, 0.1) is 0 Å². The lowest BCUT2D eigenvalue weighted by Crippen LogP contribution is -2.52. The molecule has 0 radical (unpaired) electrons. The zero-order valence-corrected chi connectivity index (χ0v) is 10.6. The molecular weight excluding hydrogens is 226 g/mol. The van der Waals surface area contributed by atoms with Crippen molar-refractivity contribution >= 4 is 10.2 Å². The maximum atomic E-state index is 12.3. The minimum absolute atomic E-state index is 0.0000463. The Bertz CT molecular complexity index is 340. The number of nitrogens with two attached hydrogens (primary N) is 1. The van der Waals surface area contributed by atoms with Crippen LogP contribution in [0.15, 0.2) is 0 Å². The summed E-state index contributed by atoms with van der Waals surface area (Å²) in [6.45, 7) is 1.05. The quantitative estimate of drug-likeness (QED) is 0.768. The molecule has 2 aliphatic rings. The molecule has 0 spiro atoms. The van der Waals surface area contributed by atoms with E-state index >= 15 is 0 Å². The minimum Gasteiger partial charge on any atom is -0.329 e. The summed E-state index contributed by atoms with van der Waals surface area (Å²) >= 11 is 0. The molecule has 0 bridgehead atoms. The van der Waals surface area contributed by atoms with E-state index in [0.717, 1.165) is 32.1 Å². The number of nitrogens with zero attached hydrogens (tertiary/aromatic N) is 2. The van der Waals surface area contributed by atoms with E-state index in [1.807, 2.05) is 0 Å². The van der Waals surface area contributed by atoms with Gasteiger partial charge in [-0.1, -0.05) is 6.42 Å². The molecular formula is C10H21N3O2S. The lowest BCUT2D eigenvalue weighted by atomic mass is 10.1. The van der Waals surface area contributed by atoms with E-state index in [2.05, 4.69) is 0 Å². The lowest BCUT2D eigenvalue weighted by Gasteiger charge is -2.36. The first-order chi connectivity index (χ1) is 7.57. The van der Waals surface area contributed by atoms with Crippen LogP contribution in [0.3, 0.4) is 0 Å². The first-order valence-electron chi connectivity index (χ1n) is 6.02. The predicted molar refractivity (Wildman–Crippen MR) is 63.1 cm³/mol. The van der Waals surface area contributed by atoms with E-state index in [1.54, 1.807) is 11.4 Å². The molecule has 1 saturated heterocycles. The largest absolute Gasteiger partial charge is 0.329 e. The molecule has 0 aromatic rings. The Morgan fingerprint density at radius 1 is 1.31 bits per heavy atom. The number of hydrogen-bond donors (Lipinski definition) is 1. The Kier molecular flexibility index (Phi) is 3.53. The highest BCUT2D eigenvalue weighted by Gasteiger charge is 2.40. The number of rotatable bonds is 4. The van der Waals surface area contributed by atoms with Crippen LogP contribution in [-0.4, -0.2) is 49.2 Å². The van der Waals surface area contributed by atoms with E-state index in [1.165, 1.54) is 4.31 Å². The van der Waals surface area contributed by atoms with E-state index in [-0.39, 0.29) is 12.1 Å². The maximum absolute atomic E-state index is 12.3. The molecule has 1 heterocycles. The first-order valence-corrected chi connectivity index (χ1v) is 7.42. The van der Waals surface area contributed by atoms with E-state index in [9.17, 15) is 8.42 Å². The molecule has 94 valence electrons. The SMILES string of the molecule is CN(C1CC1)S(=O)(=O)N1CCCCC1CN. The molecule has 1 aliphatic carbocycles. The van der Waals surface area contributed by atoms with Crippen molar-refractivity contribution in [2.24, 2.45) is 5.73 Å². The van der Waals surface area contributed by atoms with Crippen LogP contribution in [-0.2, 0) is 10.2 Å². The van der Waals surface area contributed by atoms with Gasteiger partial charge in [0.1, 0.15) is 0 Å². The average molecular weight is 247 g/mol. The normalized spacial score (nSPS) is 28.6. The smallest absolute Gasteiger partial charge is 0.282 e. The third-order valence-corrected chi connectivity index (χ3v) is 5.67. The first kappa shape index (κ1) is 12.3. The van der Waals surface area contributed by atoms with Crippen LogP contribution in [0.4, 0.5) is 0 Å². The predicted octanol–water partition coefficient (Wildman–Crippen LogP) is 0.139. The van der Waals surface area contributed by atoms with Gasteiger partial charge in [-0.2, -0.15) is 17.0 Å². The summed E-state index contributed by atoms with van der Waals surface area (Å²) in [4.78, 5) is 0. The zero-order chi connectivity index (χ0) is 11.8. The van der Waals surface area contributed by atoms with Gasteiger partial charge in [0.2, 0.25) is 0 Å². The van der Waals surface area contributed by atoms with Gasteiger partial charge in [0, 0.05) is 32.2 Å². The molecule has 2 fully saturated rings. The van der Waals surface area contributed by atoms with E-state index in [0.29, 0.717) is 13.1 Å². The summed E-state index contributed by atoms with van der Waals surface area (Å²) in [6, 6.07) is 0.227.